The van der Waals surface area contributed by atoms with Gasteiger partial charge in [0.1, 0.15) is 6.33 Å². The Morgan fingerprint density at radius 3 is 2.32 bits per heavy atom. The Labute approximate surface area is 238 Å². The first-order valence-corrected chi connectivity index (χ1v) is 14.3. The van der Waals surface area contributed by atoms with E-state index in [9.17, 15) is 19.5 Å². The number of carbonyl (C=O) groups is 2. The van der Waals surface area contributed by atoms with E-state index in [1.54, 1.807) is 13.0 Å². The number of nitrogens with zero attached hydrogens (tertiary/aromatic N) is 5. The van der Waals surface area contributed by atoms with E-state index in [1.807, 2.05) is 81.2 Å². The Balaban J connectivity index is 1.15. The molecule has 4 aromatic rings. The van der Waals surface area contributed by atoms with Crippen molar-refractivity contribution in [1.29, 1.82) is 0 Å². The molecule has 2 saturated heterocycles. The second kappa shape index (κ2) is 11.0. The number of rotatable bonds is 5. The molecule has 41 heavy (non-hydrogen) atoms. The van der Waals surface area contributed by atoms with Crippen LogP contribution in [0.25, 0.3) is 16.7 Å². The third-order valence-electron chi connectivity index (χ3n) is 8.78. The van der Waals surface area contributed by atoms with Gasteiger partial charge in [0.2, 0.25) is 11.8 Å². The molecule has 2 fully saturated rings. The summed E-state index contributed by atoms with van der Waals surface area (Å²) in [6.45, 7) is 3.62. The van der Waals surface area contributed by atoms with Crippen molar-refractivity contribution in [3.05, 3.63) is 95.2 Å². The Morgan fingerprint density at radius 2 is 1.63 bits per heavy atom. The summed E-state index contributed by atoms with van der Waals surface area (Å²) in [5.41, 5.74) is 1.25. The van der Waals surface area contributed by atoms with Crippen molar-refractivity contribution in [3.8, 4) is 5.69 Å². The van der Waals surface area contributed by atoms with Gasteiger partial charge in [-0.05, 0) is 43.0 Å². The highest BCUT2D eigenvalue weighted by molar-refractivity contribution is 5.81. The van der Waals surface area contributed by atoms with E-state index < -0.39 is 5.60 Å². The summed E-state index contributed by atoms with van der Waals surface area (Å²) >= 11 is 0. The standard InChI is InChI=1S/C32H35N5O4/c1-23(38)35-16-12-26(28(20-35)24-8-4-2-5-9-24)30(39)34-18-14-32(41,15-19-34)21-36-22-33-29-27(31(36)40)13-17-37(29)25-10-6-3-7-11-25/h2-11,13,17,22,26,28,41H,12,14-16,18-21H2,1H3/t26-,28+/m1/s1. The molecule has 0 spiro atoms. The molecule has 4 heterocycles. The lowest BCUT2D eigenvalue weighted by Crippen LogP contribution is -2.53. The quantitative estimate of drug-likeness (QED) is 0.409. The summed E-state index contributed by atoms with van der Waals surface area (Å²) in [4.78, 5) is 47.4. The van der Waals surface area contributed by atoms with Gasteiger partial charge in [-0.2, -0.15) is 0 Å². The number of benzene rings is 2. The molecule has 1 N–H and O–H groups in total. The van der Waals surface area contributed by atoms with Gasteiger partial charge in [-0.15, -0.1) is 0 Å². The van der Waals surface area contributed by atoms with Crippen molar-refractivity contribution >= 4 is 22.8 Å². The molecule has 212 valence electrons. The van der Waals surface area contributed by atoms with Crippen LogP contribution in [0.1, 0.15) is 37.7 Å². The predicted octanol–water partition coefficient (Wildman–Crippen LogP) is 3.19. The van der Waals surface area contributed by atoms with Crippen molar-refractivity contribution in [2.24, 2.45) is 5.92 Å². The van der Waals surface area contributed by atoms with Crippen LogP contribution in [0, 0.1) is 5.92 Å². The lowest BCUT2D eigenvalue weighted by atomic mass is 9.79. The molecule has 0 unspecified atom stereocenters. The molecule has 0 radical (unpaired) electrons. The molecule has 0 saturated carbocycles. The minimum atomic E-state index is -1.12. The van der Waals surface area contributed by atoms with Gasteiger partial charge in [0.15, 0.2) is 5.65 Å². The van der Waals surface area contributed by atoms with Crippen molar-refractivity contribution in [3.63, 3.8) is 0 Å². The molecule has 2 atom stereocenters. The topological polar surface area (TPSA) is 101 Å². The van der Waals surface area contributed by atoms with Gasteiger partial charge >= 0.3 is 0 Å². The van der Waals surface area contributed by atoms with Crippen molar-refractivity contribution < 1.29 is 14.7 Å². The minimum absolute atomic E-state index is 0.0272. The maximum atomic E-state index is 13.8. The molecular weight excluding hydrogens is 518 g/mol. The molecule has 2 aromatic carbocycles. The molecule has 0 aliphatic carbocycles. The summed E-state index contributed by atoms with van der Waals surface area (Å²) in [6, 6.07) is 21.4. The van der Waals surface area contributed by atoms with E-state index in [2.05, 4.69) is 4.98 Å². The third kappa shape index (κ3) is 5.29. The molecule has 2 aromatic heterocycles. The van der Waals surface area contributed by atoms with Crippen molar-refractivity contribution in [1.82, 2.24) is 23.9 Å². The molecular formula is C32H35N5O4. The largest absolute Gasteiger partial charge is 0.388 e. The minimum Gasteiger partial charge on any atom is -0.388 e. The van der Waals surface area contributed by atoms with Gasteiger partial charge in [-0.1, -0.05) is 48.5 Å². The number of fused-ring (bicyclic) bond motifs is 1. The SMILES string of the molecule is CC(=O)N1CC[C@@H](C(=O)N2CCC(O)(Cn3cnc4c(ccn4-c4ccccc4)c3=O)CC2)[C@H](c2ccccc2)C1. The van der Waals surface area contributed by atoms with Gasteiger partial charge < -0.3 is 19.5 Å². The number of likely N-dealkylation sites (tertiary alicyclic amines) is 2. The van der Waals surface area contributed by atoms with Crippen LogP contribution in [0.15, 0.2) is 84.0 Å². The molecule has 0 bridgehead atoms. The normalized spacial score (nSPS) is 20.7. The lowest BCUT2D eigenvalue weighted by Gasteiger charge is -2.43. The van der Waals surface area contributed by atoms with Gasteiger partial charge in [-0.3, -0.25) is 19.0 Å². The zero-order valence-electron chi connectivity index (χ0n) is 23.2. The van der Waals surface area contributed by atoms with Crippen LogP contribution in [0.5, 0.6) is 0 Å². The predicted molar refractivity (Wildman–Crippen MR) is 156 cm³/mol. The van der Waals surface area contributed by atoms with Crippen LogP contribution >= 0.6 is 0 Å². The smallest absolute Gasteiger partial charge is 0.262 e. The third-order valence-corrected chi connectivity index (χ3v) is 8.78. The molecule has 9 nitrogen and oxygen atoms in total. The number of amides is 2. The fourth-order valence-electron chi connectivity index (χ4n) is 6.39. The van der Waals surface area contributed by atoms with Crippen LogP contribution in [0.2, 0.25) is 0 Å². The van der Waals surface area contributed by atoms with Gasteiger partial charge in [0.05, 0.1) is 17.5 Å². The summed E-state index contributed by atoms with van der Waals surface area (Å²) in [7, 11) is 0. The zero-order valence-corrected chi connectivity index (χ0v) is 23.2. The van der Waals surface area contributed by atoms with Crippen LogP contribution in [-0.4, -0.2) is 72.6 Å². The van der Waals surface area contributed by atoms with Gasteiger partial charge in [-0.25, -0.2) is 4.98 Å². The Bertz CT molecular complexity index is 1610. The van der Waals surface area contributed by atoms with E-state index in [-0.39, 0.29) is 35.8 Å². The second-order valence-electron chi connectivity index (χ2n) is 11.4. The summed E-state index contributed by atoms with van der Waals surface area (Å²) in [6.07, 6.45) is 4.70. The first-order chi connectivity index (χ1) is 19.8. The number of carbonyl (C=O) groups excluding carboxylic acids is 2. The molecule has 2 amide bonds. The highest BCUT2D eigenvalue weighted by atomic mass is 16.3. The second-order valence-corrected chi connectivity index (χ2v) is 11.4. The first kappa shape index (κ1) is 27.0. The number of aliphatic hydroxyl groups is 1. The van der Waals surface area contributed by atoms with E-state index in [4.69, 9.17) is 0 Å². The van der Waals surface area contributed by atoms with Crippen molar-refractivity contribution in [2.75, 3.05) is 26.2 Å². The summed E-state index contributed by atoms with van der Waals surface area (Å²) in [5.74, 6) is -0.185. The summed E-state index contributed by atoms with van der Waals surface area (Å²) in [5, 5.41) is 12.0. The highest BCUT2D eigenvalue weighted by Crippen LogP contribution is 2.35. The average Bonchev–Trinajstić information content (AvgIpc) is 3.44. The maximum absolute atomic E-state index is 13.8. The summed E-state index contributed by atoms with van der Waals surface area (Å²) < 4.78 is 3.36. The number of aromatic nitrogens is 3. The van der Waals surface area contributed by atoms with E-state index >= 15 is 0 Å². The van der Waals surface area contributed by atoms with Crippen LogP contribution < -0.4 is 5.56 Å². The Hall–Kier alpha value is -4.24. The maximum Gasteiger partial charge on any atom is 0.262 e. The van der Waals surface area contributed by atoms with Crippen molar-refractivity contribution in [2.45, 2.75) is 44.2 Å². The lowest BCUT2D eigenvalue weighted by molar-refractivity contribution is -0.145. The molecule has 2 aliphatic heterocycles. The number of para-hydroxylation sites is 1. The number of hydrogen-bond acceptors (Lipinski definition) is 5. The van der Waals surface area contributed by atoms with Gasteiger partial charge in [0.25, 0.3) is 5.56 Å². The molecule has 6 rings (SSSR count). The first-order valence-electron chi connectivity index (χ1n) is 14.3. The highest BCUT2D eigenvalue weighted by Gasteiger charge is 2.41. The Morgan fingerprint density at radius 1 is 0.951 bits per heavy atom. The van der Waals surface area contributed by atoms with Crippen LogP contribution in [0.3, 0.4) is 0 Å². The van der Waals surface area contributed by atoms with Gasteiger partial charge in [0, 0.05) is 56.8 Å². The molecule has 9 heteroatoms. The number of piperidine rings is 2. The molecule has 2 aliphatic rings. The zero-order chi connectivity index (χ0) is 28.6. The van der Waals surface area contributed by atoms with E-state index in [0.717, 1.165) is 11.3 Å². The monoisotopic (exact) mass is 553 g/mol. The number of hydrogen-bond donors (Lipinski definition) is 1. The van der Waals surface area contributed by atoms with E-state index in [0.29, 0.717) is 56.5 Å². The fourth-order valence-corrected chi connectivity index (χ4v) is 6.39. The van der Waals surface area contributed by atoms with E-state index in [1.165, 1.54) is 10.9 Å². The van der Waals surface area contributed by atoms with Crippen LogP contribution in [-0.2, 0) is 16.1 Å². The van der Waals surface area contributed by atoms with Crippen LogP contribution in [0.4, 0.5) is 0 Å². The Kier molecular flexibility index (Phi) is 7.21. The average molecular weight is 554 g/mol. The fraction of sp³-hybridized carbons (Fsp3) is 0.375.